The molecule has 2 aliphatic heterocycles. The number of halogens is 4. The van der Waals surface area contributed by atoms with Crippen molar-refractivity contribution in [3.05, 3.63) is 46.9 Å². The lowest BCUT2D eigenvalue weighted by Gasteiger charge is -2.32. The van der Waals surface area contributed by atoms with Crippen LogP contribution in [0.15, 0.2) is 35.5 Å². The van der Waals surface area contributed by atoms with Gasteiger partial charge in [-0.15, -0.1) is 0 Å². The molecule has 8 nitrogen and oxygen atoms in total. The van der Waals surface area contributed by atoms with Gasteiger partial charge in [-0.1, -0.05) is 11.6 Å². The topological polar surface area (TPSA) is 96.8 Å². The number of anilines is 2. The van der Waals surface area contributed by atoms with Crippen LogP contribution in [0.3, 0.4) is 0 Å². The molecule has 32 heavy (non-hydrogen) atoms. The Morgan fingerprint density at radius 1 is 1.34 bits per heavy atom. The predicted molar refractivity (Wildman–Crippen MR) is 116 cm³/mol. The minimum atomic E-state index is -2.63. The summed E-state index contributed by atoms with van der Waals surface area (Å²) in [5.41, 5.74) is 3.51. The van der Waals surface area contributed by atoms with Crippen molar-refractivity contribution in [2.24, 2.45) is 4.99 Å². The van der Waals surface area contributed by atoms with Crippen LogP contribution in [-0.2, 0) is 0 Å². The van der Waals surface area contributed by atoms with Crippen LogP contribution in [0.1, 0.15) is 18.4 Å². The Hall–Kier alpha value is -2.60. The summed E-state index contributed by atoms with van der Waals surface area (Å²) >= 11 is 5.81. The summed E-state index contributed by atoms with van der Waals surface area (Å²) in [5.74, 6) is -2.55. The van der Waals surface area contributed by atoms with Crippen LogP contribution >= 0.6 is 11.6 Å². The second-order valence-corrected chi connectivity index (χ2v) is 8.07. The average molecular weight is 470 g/mol. The third-order valence-electron chi connectivity index (χ3n) is 5.27. The van der Waals surface area contributed by atoms with Gasteiger partial charge in [0.15, 0.2) is 17.9 Å². The largest absolute Gasteiger partial charge is 0.349 e. The highest BCUT2D eigenvalue weighted by molar-refractivity contribution is 6.31. The van der Waals surface area contributed by atoms with Crippen LogP contribution < -0.4 is 21.4 Å². The Kier molecular flexibility index (Phi) is 6.70. The van der Waals surface area contributed by atoms with E-state index in [-0.39, 0.29) is 30.1 Å². The van der Waals surface area contributed by atoms with Crippen LogP contribution in [0.25, 0.3) is 0 Å². The maximum atomic E-state index is 13.6. The molecule has 0 spiro atoms. The highest BCUT2D eigenvalue weighted by Gasteiger charge is 2.34. The Morgan fingerprint density at radius 3 is 2.94 bits per heavy atom. The van der Waals surface area contributed by atoms with Crippen molar-refractivity contribution in [2.75, 3.05) is 36.8 Å². The normalized spacial score (nSPS) is 20.4. The number of hydrogen-bond donors (Lipinski definition) is 5. The zero-order valence-corrected chi connectivity index (χ0v) is 17.8. The number of likely N-dealkylation sites (tertiary alicyclic amines) is 1. The van der Waals surface area contributed by atoms with Crippen LogP contribution in [0.2, 0.25) is 5.02 Å². The van der Waals surface area contributed by atoms with Gasteiger partial charge in [0.1, 0.15) is 5.82 Å². The molecule has 2 aliphatic rings. The minimum Gasteiger partial charge on any atom is -0.349 e. The van der Waals surface area contributed by atoms with E-state index in [2.05, 4.69) is 31.4 Å². The first-order valence-corrected chi connectivity index (χ1v) is 10.5. The molecule has 172 valence electrons. The molecule has 2 aromatic rings. The van der Waals surface area contributed by atoms with Crippen LogP contribution in [0.4, 0.5) is 30.4 Å². The number of benzene rings is 1. The number of aromatic nitrogens is 1. The van der Waals surface area contributed by atoms with E-state index in [0.717, 1.165) is 0 Å². The number of alkyl halides is 2. The van der Waals surface area contributed by atoms with Crippen molar-refractivity contribution in [3.63, 3.8) is 0 Å². The third-order valence-corrected chi connectivity index (χ3v) is 5.56. The van der Waals surface area contributed by atoms with Crippen molar-refractivity contribution in [1.29, 1.82) is 0 Å². The number of fused-ring (bicyclic) bond motifs is 1. The monoisotopic (exact) mass is 469 g/mol. The molecule has 4 rings (SSSR count). The van der Waals surface area contributed by atoms with E-state index < -0.39 is 11.7 Å². The van der Waals surface area contributed by atoms with Gasteiger partial charge in [-0.2, -0.15) is 0 Å². The van der Waals surface area contributed by atoms with Gasteiger partial charge in [0.25, 0.3) is 5.92 Å². The molecule has 0 bridgehead atoms. The number of hydroxylamine groups is 1. The molecular formula is C20H23ClF3N7O. The minimum absolute atomic E-state index is 0.0562. The summed E-state index contributed by atoms with van der Waals surface area (Å²) in [4.78, 5) is 10.3. The third kappa shape index (κ3) is 5.23. The number of rotatable bonds is 6. The van der Waals surface area contributed by atoms with Crippen LogP contribution in [0, 0.1) is 5.82 Å². The van der Waals surface area contributed by atoms with Crippen molar-refractivity contribution in [1.82, 2.24) is 20.7 Å². The Bertz CT molecular complexity index is 1010. The maximum absolute atomic E-state index is 13.6. The highest BCUT2D eigenvalue weighted by atomic mass is 35.5. The van der Waals surface area contributed by atoms with Gasteiger partial charge in [-0.05, 0) is 37.2 Å². The lowest BCUT2D eigenvalue weighted by Crippen LogP contribution is -2.47. The summed E-state index contributed by atoms with van der Waals surface area (Å²) in [6.45, 7) is 1.41. The fourth-order valence-electron chi connectivity index (χ4n) is 3.77. The molecule has 0 aliphatic carbocycles. The number of nitrogens with one attached hydrogen (secondary N) is 4. The summed E-state index contributed by atoms with van der Waals surface area (Å²) in [5, 5.41) is 19.1. The zero-order valence-electron chi connectivity index (χ0n) is 17.0. The van der Waals surface area contributed by atoms with Crippen molar-refractivity contribution < 1.29 is 18.4 Å². The molecule has 1 unspecified atom stereocenters. The Balaban J connectivity index is 1.42. The van der Waals surface area contributed by atoms with E-state index in [1.54, 1.807) is 17.2 Å². The first kappa shape index (κ1) is 22.6. The molecule has 12 heteroatoms. The molecule has 1 aromatic carbocycles. The average Bonchev–Trinajstić information content (AvgIpc) is 3.17. The second kappa shape index (κ2) is 9.49. The van der Waals surface area contributed by atoms with Gasteiger partial charge in [0.2, 0.25) is 0 Å². The van der Waals surface area contributed by atoms with Gasteiger partial charge in [-0.25, -0.2) is 23.1 Å². The van der Waals surface area contributed by atoms with Gasteiger partial charge < -0.3 is 10.6 Å². The molecule has 0 radical (unpaired) electrons. The molecule has 1 saturated heterocycles. The van der Waals surface area contributed by atoms with Crippen LogP contribution in [0.5, 0.6) is 0 Å². The number of aliphatic imine (C=N–C) groups is 1. The smallest absolute Gasteiger partial charge is 0.260 e. The summed E-state index contributed by atoms with van der Waals surface area (Å²) in [6.07, 6.45) is 1.59. The number of pyridine rings is 1. The SMILES string of the molecule is ONC(=Nc1ccc(F)c(Cl)c1)c1ccnc2c1NC(NCCN1CCCC(F)(F)C1)N2. The fraction of sp³-hybridized carbons (Fsp3) is 0.400. The van der Waals surface area contributed by atoms with Gasteiger partial charge in [0, 0.05) is 31.3 Å². The van der Waals surface area contributed by atoms with Gasteiger partial charge >= 0.3 is 0 Å². The molecule has 1 fully saturated rings. The molecular weight excluding hydrogens is 447 g/mol. The van der Waals surface area contributed by atoms with E-state index in [4.69, 9.17) is 11.6 Å². The summed E-state index contributed by atoms with van der Waals surface area (Å²) in [6, 6.07) is 5.61. The first-order valence-electron chi connectivity index (χ1n) is 10.1. The van der Waals surface area contributed by atoms with E-state index >= 15 is 0 Å². The standard InChI is InChI=1S/C20H23ClF3N7O/c21-14-10-12(2-3-15(14)22)27-17(30-32)13-4-6-25-18-16(13)28-19(29-18)26-7-9-31-8-1-5-20(23,24)11-31/h2-4,6,10,19,26,28,32H,1,5,7-9,11H2,(H,25,29)(H,27,30). The fourth-order valence-corrected chi connectivity index (χ4v) is 3.94. The predicted octanol–water partition coefficient (Wildman–Crippen LogP) is 3.37. The van der Waals surface area contributed by atoms with Gasteiger partial charge in [-0.3, -0.25) is 20.9 Å². The number of amidine groups is 1. The summed E-state index contributed by atoms with van der Waals surface area (Å²) < 4.78 is 40.5. The Labute approximate surface area is 187 Å². The van der Waals surface area contributed by atoms with E-state index in [1.807, 2.05) is 0 Å². The van der Waals surface area contributed by atoms with E-state index in [1.165, 1.54) is 18.2 Å². The molecule has 3 heterocycles. The maximum Gasteiger partial charge on any atom is 0.260 e. The second-order valence-electron chi connectivity index (χ2n) is 7.66. The zero-order chi connectivity index (χ0) is 22.7. The molecule has 1 aromatic heterocycles. The number of hydrogen-bond acceptors (Lipinski definition) is 7. The van der Waals surface area contributed by atoms with Crippen molar-refractivity contribution >= 4 is 34.6 Å². The number of piperidine rings is 1. The molecule has 5 N–H and O–H groups in total. The summed E-state index contributed by atoms with van der Waals surface area (Å²) in [7, 11) is 0. The van der Waals surface area contributed by atoms with Crippen molar-refractivity contribution in [3.8, 4) is 0 Å². The number of nitrogens with zero attached hydrogens (tertiary/aromatic N) is 3. The molecule has 0 amide bonds. The lowest BCUT2D eigenvalue weighted by molar-refractivity contribution is -0.0634. The Morgan fingerprint density at radius 2 is 2.19 bits per heavy atom. The first-order chi connectivity index (χ1) is 15.3. The van der Waals surface area contributed by atoms with E-state index in [0.29, 0.717) is 48.8 Å². The quantitative estimate of drug-likeness (QED) is 0.251. The molecule has 0 saturated carbocycles. The van der Waals surface area contributed by atoms with E-state index in [9.17, 15) is 18.4 Å². The van der Waals surface area contributed by atoms with Crippen molar-refractivity contribution in [2.45, 2.75) is 25.1 Å². The highest BCUT2D eigenvalue weighted by Crippen LogP contribution is 2.31. The lowest BCUT2D eigenvalue weighted by atomic mass is 10.1. The molecule has 1 atom stereocenters. The van der Waals surface area contributed by atoms with Crippen LogP contribution in [-0.4, -0.2) is 59.3 Å². The van der Waals surface area contributed by atoms with Gasteiger partial charge in [0.05, 0.1) is 22.9 Å².